The highest BCUT2D eigenvalue weighted by Crippen LogP contribution is 2.20. The molecule has 2 N–H and O–H groups in total. The fourth-order valence-electron chi connectivity index (χ4n) is 3.31. The van der Waals surface area contributed by atoms with Crippen LogP contribution in [0.5, 0.6) is 0 Å². The molecule has 2 aromatic rings. The standard InChI is InChI=1S/C20H20N4O2/c25-18-12-17(19(26)21-16-8-2-1-3-9-16)22-20(23-18)24-11-10-14-6-4-5-7-15(14)13-24/h1-9,17H,10-13H2,(H,21,26)(H,22,23,25)/t17-/m0/s1. The normalized spacial score (nSPS) is 19.2. The fourth-order valence-corrected chi connectivity index (χ4v) is 3.31. The summed E-state index contributed by atoms with van der Waals surface area (Å²) in [6.07, 6.45) is 0.957. The Morgan fingerprint density at radius 1 is 1.08 bits per heavy atom. The number of rotatable bonds is 2. The Labute approximate surface area is 151 Å². The molecule has 0 radical (unpaired) electrons. The number of anilines is 1. The van der Waals surface area contributed by atoms with Gasteiger partial charge in [0.2, 0.25) is 17.8 Å². The van der Waals surface area contributed by atoms with E-state index in [2.05, 4.69) is 27.8 Å². The van der Waals surface area contributed by atoms with E-state index in [-0.39, 0.29) is 18.2 Å². The number of hydrogen-bond acceptors (Lipinski definition) is 4. The van der Waals surface area contributed by atoms with Crippen molar-refractivity contribution >= 4 is 23.5 Å². The van der Waals surface area contributed by atoms with Crippen LogP contribution in [0.1, 0.15) is 17.5 Å². The van der Waals surface area contributed by atoms with Crippen LogP contribution in [0.25, 0.3) is 0 Å². The first kappa shape index (κ1) is 16.3. The Balaban J connectivity index is 1.51. The van der Waals surface area contributed by atoms with Crippen LogP contribution in [0.15, 0.2) is 59.6 Å². The number of nitrogens with one attached hydrogen (secondary N) is 2. The number of amides is 2. The van der Waals surface area contributed by atoms with Crippen molar-refractivity contribution in [3.63, 3.8) is 0 Å². The predicted molar refractivity (Wildman–Crippen MR) is 99.6 cm³/mol. The molecule has 132 valence electrons. The summed E-state index contributed by atoms with van der Waals surface area (Å²) >= 11 is 0. The third-order valence-corrected chi connectivity index (χ3v) is 4.68. The number of para-hydroxylation sites is 1. The maximum atomic E-state index is 12.5. The van der Waals surface area contributed by atoms with E-state index in [0.717, 1.165) is 13.0 Å². The summed E-state index contributed by atoms with van der Waals surface area (Å²) in [5.41, 5.74) is 3.25. The number of hydrogen-bond donors (Lipinski definition) is 2. The van der Waals surface area contributed by atoms with Crippen molar-refractivity contribution in [1.82, 2.24) is 10.2 Å². The summed E-state index contributed by atoms with van der Waals surface area (Å²) in [5.74, 6) is 0.0481. The summed E-state index contributed by atoms with van der Waals surface area (Å²) < 4.78 is 0. The smallest absolute Gasteiger partial charge is 0.249 e. The third kappa shape index (κ3) is 3.44. The summed E-state index contributed by atoms with van der Waals surface area (Å²) in [7, 11) is 0. The summed E-state index contributed by atoms with van der Waals surface area (Å²) in [6, 6.07) is 16.8. The molecule has 0 aliphatic carbocycles. The maximum absolute atomic E-state index is 12.5. The van der Waals surface area contributed by atoms with Crippen LogP contribution in [-0.4, -0.2) is 35.3 Å². The molecule has 2 heterocycles. The Hall–Kier alpha value is -3.15. The van der Waals surface area contributed by atoms with Crippen LogP contribution in [0.3, 0.4) is 0 Å². The third-order valence-electron chi connectivity index (χ3n) is 4.68. The molecule has 4 rings (SSSR count). The highest BCUT2D eigenvalue weighted by atomic mass is 16.2. The van der Waals surface area contributed by atoms with E-state index in [1.54, 1.807) is 0 Å². The fraction of sp³-hybridized carbons (Fsp3) is 0.250. The molecule has 6 nitrogen and oxygen atoms in total. The van der Waals surface area contributed by atoms with E-state index >= 15 is 0 Å². The molecule has 0 unspecified atom stereocenters. The molecule has 2 aromatic carbocycles. The van der Waals surface area contributed by atoms with E-state index in [4.69, 9.17) is 0 Å². The van der Waals surface area contributed by atoms with Crippen LogP contribution in [0.2, 0.25) is 0 Å². The SMILES string of the molecule is O=C1C[C@@H](C(=O)Nc2ccccc2)N=C(N2CCc3ccccc3C2)N1. The second-order valence-electron chi connectivity index (χ2n) is 6.52. The second-order valence-corrected chi connectivity index (χ2v) is 6.52. The van der Waals surface area contributed by atoms with Crippen LogP contribution in [0.4, 0.5) is 5.69 Å². The summed E-state index contributed by atoms with van der Waals surface area (Å²) in [4.78, 5) is 31.2. The Bertz CT molecular complexity index is 863. The number of guanidine groups is 1. The lowest BCUT2D eigenvalue weighted by atomic mass is 10.00. The number of benzene rings is 2. The van der Waals surface area contributed by atoms with Gasteiger partial charge in [-0.2, -0.15) is 0 Å². The molecule has 0 aromatic heterocycles. The lowest BCUT2D eigenvalue weighted by molar-refractivity contribution is -0.125. The second kappa shape index (κ2) is 7.00. The lowest BCUT2D eigenvalue weighted by Gasteiger charge is -2.33. The molecule has 0 saturated carbocycles. The van der Waals surface area contributed by atoms with E-state index in [1.165, 1.54) is 11.1 Å². The molecule has 6 heteroatoms. The minimum atomic E-state index is -0.712. The minimum Gasteiger partial charge on any atom is -0.338 e. The minimum absolute atomic E-state index is 0.0621. The van der Waals surface area contributed by atoms with Gasteiger partial charge in [0.05, 0.1) is 6.42 Å². The van der Waals surface area contributed by atoms with Gasteiger partial charge in [-0.1, -0.05) is 42.5 Å². The highest BCUT2D eigenvalue weighted by Gasteiger charge is 2.30. The van der Waals surface area contributed by atoms with Gasteiger partial charge in [0.15, 0.2) is 0 Å². The average Bonchev–Trinajstić information content (AvgIpc) is 2.68. The van der Waals surface area contributed by atoms with E-state index in [1.807, 2.05) is 47.4 Å². The number of carbonyl (C=O) groups excluding carboxylic acids is 2. The van der Waals surface area contributed by atoms with Crippen molar-refractivity contribution in [2.75, 3.05) is 11.9 Å². The van der Waals surface area contributed by atoms with E-state index in [0.29, 0.717) is 18.2 Å². The number of aliphatic imine (C=N–C) groups is 1. The molecule has 0 saturated heterocycles. The van der Waals surface area contributed by atoms with Gasteiger partial charge in [-0.15, -0.1) is 0 Å². The van der Waals surface area contributed by atoms with Crippen LogP contribution in [-0.2, 0) is 22.6 Å². The molecule has 2 aliphatic heterocycles. The number of nitrogens with zero attached hydrogens (tertiary/aromatic N) is 2. The van der Waals surface area contributed by atoms with Crippen molar-refractivity contribution < 1.29 is 9.59 Å². The summed E-state index contributed by atoms with van der Waals surface area (Å²) in [5, 5.41) is 5.65. The zero-order valence-electron chi connectivity index (χ0n) is 14.3. The maximum Gasteiger partial charge on any atom is 0.249 e. The molecule has 26 heavy (non-hydrogen) atoms. The predicted octanol–water partition coefficient (Wildman–Crippen LogP) is 1.93. The van der Waals surface area contributed by atoms with Crippen LogP contribution in [0, 0.1) is 0 Å². The molecular formula is C20H20N4O2. The zero-order chi connectivity index (χ0) is 17.9. The first-order valence-electron chi connectivity index (χ1n) is 8.74. The average molecular weight is 348 g/mol. The van der Waals surface area contributed by atoms with Gasteiger partial charge in [0.25, 0.3) is 0 Å². The van der Waals surface area contributed by atoms with Crippen molar-refractivity contribution in [3.8, 4) is 0 Å². The quantitative estimate of drug-likeness (QED) is 0.871. The Kier molecular flexibility index (Phi) is 4.39. The molecular weight excluding hydrogens is 328 g/mol. The molecule has 2 aliphatic rings. The Morgan fingerprint density at radius 2 is 1.81 bits per heavy atom. The van der Waals surface area contributed by atoms with Gasteiger partial charge in [-0.25, -0.2) is 4.99 Å². The van der Waals surface area contributed by atoms with Crippen molar-refractivity contribution in [3.05, 3.63) is 65.7 Å². The Morgan fingerprint density at radius 3 is 2.62 bits per heavy atom. The number of carbonyl (C=O) groups is 2. The molecule has 2 amide bonds. The molecule has 1 atom stereocenters. The monoisotopic (exact) mass is 348 g/mol. The zero-order valence-corrected chi connectivity index (χ0v) is 14.3. The van der Waals surface area contributed by atoms with Crippen molar-refractivity contribution in [1.29, 1.82) is 0 Å². The van der Waals surface area contributed by atoms with Crippen LogP contribution < -0.4 is 10.6 Å². The van der Waals surface area contributed by atoms with Gasteiger partial charge in [-0.05, 0) is 29.7 Å². The number of fused-ring (bicyclic) bond motifs is 1. The lowest BCUT2D eigenvalue weighted by Crippen LogP contribution is -2.51. The molecule has 0 spiro atoms. The largest absolute Gasteiger partial charge is 0.338 e. The van der Waals surface area contributed by atoms with E-state index in [9.17, 15) is 9.59 Å². The topological polar surface area (TPSA) is 73.8 Å². The van der Waals surface area contributed by atoms with Gasteiger partial charge in [0, 0.05) is 18.8 Å². The van der Waals surface area contributed by atoms with Crippen molar-refractivity contribution in [2.45, 2.75) is 25.4 Å². The summed E-state index contributed by atoms with van der Waals surface area (Å²) in [6.45, 7) is 1.45. The first-order valence-corrected chi connectivity index (χ1v) is 8.74. The molecule has 0 bridgehead atoms. The van der Waals surface area contributed by atoms with Gasteiger partial charge < -0.3 is 10.2 Å². The van der Waals surface area contributed by atoms with Gasteiger partial charge in [-0.3, -0.25) is 14.9 Å². The van der Waals surface area contributed by atoms with Crippen LogP contribution >= 0.6 is 0 Å². The van der Waals surface area contributed by atoms with Crippen molar-refractivity contribution in [2.24, 2.45) is 4.99 Å². The van der Waals surface area contributed by atoms with Gasteiger partial charge >= 0.3 is 0 Å². The van der Waals surface area contributed by atoms with E-state index < -0.39 is 6.04 Å². The molecule has 0 fully saturated rings. The highest BCUT2D eigenvalue weighted by molar-refractivity contribution is 6.05. The van der Waals surface area contributed by atoms with Gasteiger partial charge in [0.1, 0.15) is 6.04 Å². The first-order chi connectivity index (χ1) is 12.7.